The van der Waals surface area contributed by atoms with Gasteiger partial charge in [-0.05, 0) is 17.7 Å². The predicted molar refractivity (Wildman–Crippen MR) is 92.8 cm³/mol. The van der Waals surface area contributed by atoms with Gasteiger partial charge in [-0.2, -0.15) is 5.10 Å². The van der Waals surface area contributed by atoms with Gasteiger partial charge in [0.25, 0.3) is 5.91 Å². The highest BCUT2D eigenvalue weighted by Crippen LogP contribution is 2.34. The minimum absolute atomic E-state index is 0.0575. The van der Waals surface area contributed by atoms with Crippen molar-refractivity contribution in [3.63, 3.8) is 0 Å². The lowest BCUT2D eigenvalue weighted by molar-refractivity contribution is -0.130. The van der Waals surface area contributed by atoms with E-state index in [4.69, 9.17) is 5.73 Å². The molecule has 0 radical (unpaired) electrons. The molecule has 3 rings (SSSR count). The second-order valence-electron chi connectivity index (χ2n) is 5.90. The van der Waals surface area contributed by atoms with Crippen molar-refractivity contribution >= 4 is 28.9 Å². The summed E-state index contributed by atoms with van der Waals surface area (Å²) < 4.78 is 13.4. The number of nitrogens with two attached hydrogens (primary N) is 1. The van der Waals surface area contributed by atoms with Gasteiger partial charge in [0.15, 0.2) is 0 Å². The maximum atomic E-state index is 13.4. The summed E-state index contributed by atoms with van der Waals surface area (Å²) in [5.41, 5.74) is 6.36. The number of carbonyl (C=O) groups excluding carboxylic acids is 2. The third-order valence-electron chi connectivity index (χ3n) is 4.19. The molecule has 25 heavy (non-hydrogen) atoms. The highest BCUT2D eigenvalue weighted by atomic mass is 32.1. The van der Waals surface area contributed by atoms with Gasteiger partial charge in [-0.1, -0.05) is 19.1 Å². The lowest BCUT2D eigenvalue weighted by Gasteiger charge is -2.24. The Labute approximate surface area is 148 Å². The van der Waals surface area contributed by atoms with E-state index in [1.54, 1.807) is 12.3 Å². The maximum Gasteiger partial charge on any atom is 0.265 e. The lowest BCUT2D eigenvalue weighted by atomic mass is 9.97. The number of primary amides is 1. The van der Waals surface area contributed by atoms with Crippen LogP contribution in [-0.4, -0.2) is 34.6 Å². The van der Waals surface area contributed by atoms with Crippen LogP contribution < -0.4 is 5.73 Å². The zero-order valence-electron chi connectivity index (χ0n) is 13.8. The Balaban J connectivity index is 1.91. The Morgan fingerprint density at radius 3 is 2.92 bits per heavy atom. The van der Waals surface area contributed by atoms with E-state index in [-0.39, 0.29) is 29.8 Å². The molecule has 2 amide bonds. The Bertz CT molecular complexity index is 864. The Morgan fingerprint density at radius 1 is 1.48 bits per heavy atom. The molecule has 0 aliphatic carbocycles. The van der Waals surface area contributed by atoms with Crippen LogP contribution in [0.25, 0.3) is 0 Å². The van der Waals surface area contributed by atoms with Gasteiger partial charge in [-0.25, -0.2) is 14.4 Å². The topological polar surface area (TPSA) is 88.7 Å². The number of benzene rings is 1. The third kappa shape index (κ3) is 3.43. The summed E-state index contributed by atoms with van der Waals surface area (Å²) in [6.45, 7) is 1.95. The monoisotopic (exact) mass is 360 g/mol. The fraction of sp³-hybridized carbons (Fsp3) is 0.294. The Morgan fingerprint density at radius 2 is 2.24 bits per heavy atom. The number of carbonyl (C=O) groups is 2. The van der Waals surface area contributed by atoms with Crippen LogP contribution in [-0.2, 0) is 9.59 Å². The zero-order chi connectivity index (χ0) is 18.1. The Hall–Kier alpha value is -2.61. The van der Waals surface area contributed by atoms with Gasteiger partial charge >= 0.3 is 0 Å². The third-order valence-corrected chi connectivity index (χ3v) is 5.49. The maximum absolute atomic E-state index is 13.4. The van der Waals surface area contributed by atoms with E-state index >= 15 is 0 Å². The molecule has 0 saturated heterocycles. The van der Waals surface area contributed by atoms with Crippen molar-refractivity contribution in [2.24, 2.45) is 10.8 Å². The van der Waals surface area contributed by atoms with E-state index in [1.807, 2.05) is 13.0 Å². The van der Waals surface area contributed by atoms with Gasteiger partial charge in [0.1, 0.15) is 16.5 Å². The molecule has 1 aliphatic rings. The van der Waals surface area contributed by atoms with Crippen LogP contribution in [0.2, 0.25) is 0 Å². The van der Waals surface area contributed by atoms with Crippen molar-refractivity contribution in [2.45, 2.75) is 25.2 Å². The van der Waals surface area contributed by atoms with E-state index in [9.17, 15) is 14.0 Å². The molecule has 8 heteroatoms. The molecule has 130 valence electrons. The minimum atomic E-state index is -0.667. The summed E-state index contributed by atoms with van der Waals surface area (Å²) >= 11 is 1.38. The molecule has 2 unspecified atom stereocenters. The van der Waals surface area contributed by atoms with Crippen LogP contribution in [0.4, 0.5) is 4.39 Å². The molecular formula is C17H17FN4O2S. The lowest BCUT2D eigenvalue weighted by Crippen LogP contribution is -2.39. The van der Waals surface area contributed by atoms with Gasteiger partial charge in [-0.3, -0.25) is 9.59 Å². The van der Waals surface area contributed by atoms with E-state index < -0.39 is 11.8 Å². The molecule has 0 bridgehead atoms. The van der Waals surface area contributed by atoms with Crippen LogP contribution >= 0.6 is 11.3 Å². The number of hydrazone groups is 1. The summed E-state index contributed by atoms with van der Waals surface area (Å²) in [5, 5.41) is 5.72. The molecule has 2 N–H and O–H groups in total. The van der Waals surface area contributed by atoms with E-state index in [2.05, 4.69) is 10.1 Å². The Kier molecular flexibility index (Phi) is 4.63. The molecule has 1 aromatic heterocycles. The predicted octanol–water partition coefficient (Wildman–Crippen LogP) is 2.22. The van der Waals surface area contributed by atoms with Crippen molar-refractivity contribution in [1.82, 2.24) is 9.99 Å². The van der Waals surface area contributed by atoms with Gasteiger partial charge in [0.2, 0.25) is 5.91 Å². The average molecular weight is 360 g/mol. The molecule has 2 atom stereocenters. The van der Waals surface area contributed by atoms with E-state index in [0.717, 1.165) is 15.4 Å². The number of amides is 2. The molecule has 6 nitrogen and oxygen atoms in total. The number of hydrogen-bond donors (Lipinski definition) is 1. The van der Waals surface area contributed by atoms with Crippen molar-refractivity contribution in [3.05, 3.63) is 51.7 Å². The molecule has 1 aromatic carbocycles. The van der Waals surface area contributed by atoms with Gasteiger partial charge in [-0.15, -0.1) is 11.3 Å². The highest BCUT2D eigenvalue weighted by Gasteiger charge is 2.34. The zero-order valence-corrected chi connectivity index (χ0v) is 14.6. The van der Waals surface area contributed by atoms with Gasteiger partial charge in [0.05, 0.1) is 5.92 Å². The smallest absolute Gasteiger partial charge is 0.265 e. The quantitative estimate of drug-likeness (QED) is 0.907. The number of nitrogens with zero attached hydrogens (tertiary/aromatic N) is 3. The summed E-state index contributed by atoms with van der Waals surface area (Å²) in [4.78, 5) is 28.9. The number of thiazole rings is 1. The molecule has 0 spiro atoms. The number of aromatic nitrogens is 1. The number of halogens is 1. The normalized spacial score (nSPS) is 18.8. The second-order valence-corrected chi connectivity index (χ2v) is 6.99. The molecule has 2 aromatic rings. The first-order valence-corrected chi connectivity index (χ1v) is 8.54. The number of rotatable bonds is 4. The summed E-state index contributed by atoms with van der Waals surface area (Å²) in [6, 6.07) is 6.40. The largest absolute Gasteiger partial charge is 0.364 e. The van der Waals surface area contributed by atoms with Gasteiger partial charge < -0.3 is 5.73 Å². The first kappa shape index (κ1) is 17.2. The fourth-order valence-electron chi connectivity index (χ4n) is 2.72. The molecule has 1 aliphatic heterocycles. The standard InChI is InChI=1S/C17H17FN4O2S/c1-9(10-4-3-5-11(18)6-10)13-8-20-17(25-13)12-7-14(23)22(2)21-15(12)16(19)24/h3-6,8-9,12H,7H2,1-2H3,(H2,19,24). The SMILES string of the molecule is CC(c1cccc(F)c1)c1cnc(C2CC(=O)N(C)N=C2C(N)=O)s1. The minimum Gasteiger partial charge on any atom is -0.364 e. The van der Waals surface area contributed by atoms with Crippen molar-refractivity contribution in [1.29, 1.82) is 0 Å². The molecule has 2 heterocycles. The molecular weight excluding hydrogens is 343 g/mol. The van der Waals surface area contributed by atoms with E-state index in [1.165, 1.54) is 30.5 Å². The van der Waals surface area contributed by atoms with E-state index in [0.29, 0.717) is 5.01 Å². The first-order chi connectivity index (χ1) is 11.9. The van der Waals surface area contributed by atoms with Crippen LogP contribution in [0.1, 0.15) is 40.6 Å². The van der Waals surface area contributed by atoms with Gasteiger partial charge in [0, 0.05) is 30.5 Å². The molecule has 0 saturated carbocycles. The van der Waals surface area contributed by atoms with Crippen molar-refractivity contribution in [2.75, 3.05) is 7.05 Å². The van der Waals surface area contributed by atoms with Crippen LogP contribution in [0.3, 0.4) is 0 Å². The van der Waals surface area contributed by atoms with Crippen LogP contribution in [0.15, 0.2) is 35.6 Å². The van der Waals surface area contributed by atoms with Crippen molar-refractivity contribution in [3.8, 4) is 0 Å². The van der Waals surface area contributed by atoms with Crippen LogP contribution in [0, 0.1) is 5.82 Å². The summed E-state index contributed by atoms with van der Waals surface area (Å²) in [5.74, 6) is -1.76. The average Bonchev–Trinajstić information content (AvgIpc) is 3.06. The summed E-state index contributed by atoms with van der Waals surface area (Å²) in [6.07, 6.45) is 1.79. The number of hydrogen-bond acceptors (Lipinski definition) is 5. The summed E-state index contributed by atoms with van der Waals surface area (Å²) in [7, 11) is 1.49. The molecule has 0 fully saturated rings. The second kappa shape index (κ2) is 6.72. The highest BCUT2D eigenvalue weighted by molar-refractivity contribution is 7.12. The van der Waals surface area contributed by atoms with Crippen molar-refractivity contribution < 1.29 is 14.0 Å². The fourth-order valence-corrected chi connectivity index (χ4v) is 3.82. The first-order valence-electron chi connectivity index (χ1n) is 7.72. The van der Waals surface area contributed by atoms with Crippen LogP contribution in [0.5, 0.6) is 0 Å².